The number of ether oxygens (including phenoxy) is 1. The number of benzene rings is 1. The van der Waals surface area contributed by atoms with Gasteiger partial charge in [-0.15, -0.1) is 0 Å². The van der Waals surface area contributed by atoms with E-state index in [9.17, 15) is 4.79 Å². The van der Waals surface area contributed by atoms with Gasteiger partial charge in [0.1, 0.15) is 5.75 Å². The summed E-state index contributed by atoms with van der Waals surface area (Å²) in [6.45, 7) is 1.94. The van der Waals surface area contributed by atoms with Gasteiger partial charge >= 0.3 is 5.97 Å². The molecule has 2 rings (SSSR count). The predicted octanol–water partition coefficient (Wildman–Crippen LogP) is 3.65. The van der Waals surface area contributed by atoms with Crippen molar-refractivity contribution in [1.29, 1.82) is 0 Å². The molecule has 1 aromatic heterocycles. The lowest BCUT2D eigenvalue weighted by Crippen LogP contribution is -1.99. The SMILES string of the molecule is CCCc1nc(-c2cc(Cl)ccc2OC)oc1C(=O)O. The number of oxazole rings is 1. The Kier molecular flexibility index (Phi) is 4.29. The molecule has 0 bridgehead atoms. The van der Waals surface area contributed by atoms with Gasteiger partial charge in [0.15, 0.2) is 0 Å². The molecule has 5 nitrogen and oxygen atoms in total. The zero-order chi connectivity index (χ0) is 14.7. The maximum Gasteiger partial charge on any atom is 0.373 e. The number of aromatic nitrogens is 1. The third-order valence-electron chi connectivity index (χ3n) is 2.77. The molecule has 0 radical (unpaired) electrons. The summed E-state index contributed by atoms with van der Waals surface area (Å²) in [5.41, 5.74) is 0.960. The van der Waals surface area contributed by atoms with E-state index in [2.05, 4.69) is 4.98 Å². The molecule has 6 heteroatoms. The average Bonchev–Trinajstić information content (AvgIpc) is 2.83. The Morgan fingerprint density at radius 1 is 1.50 bits per heavy atom. The number of carboxylic acids is 1. The van der Waals surface area contributed by atoms with Crippen molar-refractivity contribution in [3.8, 4) is 17.2 Å². The standard InChI is InChI=1S/C14H14ClNO4/c1-3-4-10-12(14(17)18)20-13(16-10)9-7-8(15)5-6-11(9)19-2/h5-7H,3-4H2,1-2H3,(H,17,18). The molecule has 0 saturated heterocycles. The number of carboxylic acid groups (broad SMARTS) is 1. The molecule has 0 saturated carbocycles. The second-order valence-electron chi connectivity index (χ2n) is 4.19. The first-order valence-electron chi connectivity index (χ1n) is 6.13. The molecule has 20 heavy (non-hydrogen) atoms. The normalized spacial score (nSPS) is 10.6. The van der Waals surface area contributed by atoms with Crippen molar-refractivity contribution in [2.45, 2.75) is 19.8 Å². The van der Waals surface area contributed by atoms with E-state index in [1.54, 1.807) is 18.2 Å². The van der Waals surface area contributed by atoms with Gasteiger partial charge in [-0.25, -0.2) is 9.78 Å². The minimum atomic E-state index is -1.13. The van der Waals surface area contributed by atoms with E-state index in [0.29, 0.717) is 28.5 Å². The highest BCUT2D eigenvalue weighted by Gasteiger charge is 2.21. The summed E-state index contributed by atoms with van der Waals surface area (Å²) in [5, 5.41) is 9.64. The molecule has 0 unspecified atom stereocenters. The highest BCUT2D eigenvalue weighted by Crippen LogP contribution is 2.33. The van der Waals surface area contributed by atoms with Crippen LogP contribution in [0.5, 0.6) is 5.75 Å². The Hall–Kier alpha value is -2.01. The van der Waals surface area contributed by atoms with E-state index in [1.807, 2.05) is 6.92 Å². The van der Waals surface area contributed by atoms with Gasteiger partial charge in [-0.1, -0.05) is 24.9 Å². The third-order valence-corrected chi connectivity index (χ3v) is 3.01. The van der Waals surface area contributed by atoms with Crippen LogP contribution in [-0.2, 0) is 6.42 Å². The number of rotatable bonds is 5. The second-order valence-corrected chi connectivity index (χ2v) is 4.63. The van der Waals surface area contributed by atoms with Gasteiger partial charge in [0.05, 0.1) is 18.4 Å². The lowest BCUT2D eigenvalue weighted by atomic mass is 10.2. The van der Waals surface area contributed by atoms with Gasteiger partial charge in [0, 0.05) is 5.02 Å². The van der Waals surface area contributed by atoms with Crippen LogP contribution in [0, 0.1) is 0 Å². The van der Waals surface area contributed by atoms with Gasteiger partial charge in [0.25, 0.3) is 0 Å². The molecule has 0 aliphatic rings. The van der Waals surface area contributed by atoms with Crippen molar-refractivity contribution in [3.63, 3.8) is 0 Å². The molecule has 0 atom stereocenters. The maximum absolute atomic E-state index is 11.2. The monoisotopic (exact) mass is 295 g/mol. The smallest absolute Gasteiger partial charge is 0.373 e. The summed E-state index contributed by atoms with van der Waals surface area (Å²) in [6.07, 6.45) is 1.31. The highest BCUT2D eigenvalue weighted by molar-refractivity contribution is 6.30. The molecule has 0 amide bonds. The van der Waals surface area contributed by atoms with Crippen LogP contribution in [0.4, 0.5) is 0 Å². The molecular formula is C14H14ClNO4. The first-order valence-corrected chi connectivity index (χ1v) is 6.51. The first kappa shape index (κ1) is 14.4. The summed E-state index contributed by atoms with van der Waals surface area (Å²) in [7, 11) is 1.51. The van der Waals surface area contributed by atoms with Crippen molar-refractivity contribution in [2.75, 3.05) is 7.11 Å². The third kappa shape index (κ3) is 2.77. The van der Waals surface area contributed by atoms with Crippen molar-refractivity contribution in [1.82, 2.24) is 4.98 Å². The maximum atomic E-state index is 11.2. The van der Waals surface area contributed by atoms with Crippen molar-refractivity contribution in [3.05, 3.63) is 34.7 Å². The Balaban J connectivity index is 2.55. The topological polar surface area (TPSA) is 72.6 Å². The molecule has 0 aliphatic carbocycles. The lowest BCUT2D eigenvalue weighted by Gasteiger charge is -2.05. The molecule has 0 aliphatic heterocycles. The van der Waals surface area contributed by atoms with Gasteiger partial charge in [-0.05, 0) is 24.6 Å². The van der Waals surface area contributed by atoms with E-state index in [1.165, 1.54) is 7.11 Å². The Labute approximate surface area is 121 Å². The summed E-state index contributed by atoms with van der Waals surface area (Å²) in [5.74, 6) is -0.544. The average molecular weight is 296 g/mol. The fraction of sp³-hybridized carbons (Fsp3) is 0.286. The number of aromatic carboxylic acids is 1. The van der Waals surface area contributed by atoms with Crippen LogP contribution in [0.25, 0.3) is 11.5 Å². The van der Waals surface area contributed by atoms with Crippen LogP contribution in [0.2, 0.25) is 5.02 Å². The van der Waals surface area contributed by atoms with E-state index in [4.69, 9.17) is 25.9 Å². The number of carbonyl (C=O) groups is 1. The Morgan fingerprint density at radius 3 is 2.85 bits per heavy atom. The van der Waals surface area contributed by atoms with Gasteiger partial charge in [-0.2, -0.15) is 0 Å². The number of hydrogen-bond acceptors (Lipinski definition) is 4. The molecule has 1 N–H and O–H groups in total. The van der Waals surface area contributed by atoms with E-state index in [0.717, 1.165) is 6.42 Å². The lowest BCUT2D eigenvalue weighted by molar-refractivity contribution is 0.0661. The quantitative estimate of drug-likeness (QED) is 0.911. The Morgan fingerprint density at radius 2 is 2.25 bits per heavy atom. The molecule has 0 fully saturated rings. The number of hydrogen-bond donors (Lipinski definition) is 1. The Bertz CT molecular complexity index is 636. The van der Waals surface area contributed by atoms with Crippen LogP contribution in [0.15, 0.2) is 22.6 Å². The fourth-order valence-corrected chi connectivity index (χ4v) is 2.06. The van der Waals surface area contributed by atoms with Gasteiger partial charge in [0.2, 0.25) is 11.7 Å². The van der Waals surface area contributed by atoms with E-state index >= 15 is 0 Å². The van der Waals surface area contributed by atoms with Crippen molar-refractivity contribution >= 4 is 17.6 Å². The number of halogens is 1. The summed E-state index contributed by atoms with van der Waals surface area (Å²) < 4.78 is 10.6. The molecule has 106 valence electrons. The number of nitrogens with zero attached hydrogens (tertiary/aromatic N) is 1. The van der Waals surface area contributed by atoms with E-state index in [-0.39, 0.29) is 11.7 Å². The largest absolute Gasteiger partial charge is 0.496 e. The van der Waals surface area contributed by atoms with Crippen molar-refractivity contribution < 1.29 is 19.1 Å². The van der Waals surface area contributed by atoms with Gasteiger partial charge < -0.3 is 14.3 Å². The van der Waals surface area contributed by atoms with Crippen LogP contribution >= 0.6 is 11.6 Å². The van der Waals surface area contributed by atoms with Gasteiger partial charge in [-0.3, -0.25) is 0 Å². The van der Waals surface area contributed by atoms with Crippen molar-refractivity contribution in [2.24, 2.45) is 0 Å². The number of methoxy groups -OCH3 is 1. The van der Waals surface area contributed by atoms with Crippen LogP contribution in [-0.4, -0.2) is 23.2 Å². The zero-order valence-corrected chi connectivity index (χ0v) is 11.9. The molecule has 1 heterocycles. The molecular weight excluding hydrogens is 282 g/mol. The zero-order valence-electron chi connectivity index (χ0n) is 11.1. The molecule has 1 aromatic carbocycles. The van der Waals surface area contributed by atoms with E-state index < -0.39 is 5.97 Å². The fourth-order valence-electron chi connectivity index (χ4n) is 1.89. The first-order chi connectivity index (χ1) is 9.56. The predicted molar refractivity (Wildman–Crippen MR) is 74.5 cm³/mol. The van der Waals surface area contributed by atoms with Crippen LogP contribution in [0.1, 0.15) is 29.6 Å². The van der Waals surface area contributed by atoms with Crippen LogP contribution < -0.4 is 4.74 Å². The summed E-state index contributed by atoms with van der Waals surface area (Å²) >= 11 is 5.95. The summed E-state index contributed by atoms with van der Waals surface area (Å²) in [4.78, 5) is 15.4. The number of aryl methyl sites for hydroxylation is 1. The second kappa shape index (κ2) is 5.96. The van der Waals surface area contributed by atoms with Crippen LogP contribution in [0.3, 0.4) is 0 Å². The summed E-state index contributed by atoms with van der Waals surface area (Å²) in [6, 6.07) is 4.99. The molecule has 0 spiro atoms. The molecule has 2 aromatic rings. The minimum Gasteiger partial charge on any atom is -0.496 e. The highest BCUT2D eigenvalue weighted by atomic mass is 35.5. The minimum absolute atomic E-state index is 0.135.